The first kappa shape index (κ1) is 37.5. The van der Waals surface area contributed by atoms with Crippen molar-refractivity contribution >= 4 is 48.1 Å². The van der Waals surface area contributed by atoms with Crippen LogP contribution in [-0.2, 0) is 24.9 Å². The highest BCUT2D eigenvalue weighted by Gasteiger charge is 2.20. The molecule has 0 unspecified atom stereocenters. The number of pyridine rings is 2. The van der Waals surface area contributed by atoms with Gasteiger partial charge in [-0.05, 0) is 73.2 Å². The van der Waals surface area contributed by atoms with Crippen molar-refractivity contribution in [3.63, 3.8) is 0 Å². The number of hydrogen-bond acceptors (Lipinski definition) is 6. The first-order valence-electron chi connectivity index (χ1n) is 14.8. The number of rotatable bonds is 13. The summed E-state index contributed by atoms with van der Waals surface area (Å²) in [7, 11) is 1.80. The molecule has 1 aliphatic rings. The van der Waals surface area contributed by atoms with Gasteiger partial charge in [0.2, 0.25) is 0 Å². The quantitative estimate of drug-likeness (QED) is 0.153. The van der Waals surface area contributed by atoms with Crippen LogP contribution in [0.5, 0.6) is 5.75 Å². The molecule has 5 rings (SSSR count). The summed E-state index contributed by atoms with van der Waals surface area (Å²) in [5.74, 6) is 0.843. The molecule has 2 aromatic heterocycles. The van der Waals surface area contributed by atoms with Crippen molar-refractivity contribution in [2.24, 2.45) is 7.05 Å². The summed E-state index contributed by atoms with van der Waals surface area (Å²) in [5.41, 5.74) is 4.78. The maximum atomic E-state index is 11.9. The molecule has 0 radical (unpaired) electrons. The van der Waals surface area contributed by atoms with Crippen LogP contribution in [-0.4, -0.2) is 64.8 Å². The molecule has 1 aliphatic heterocycles. The van der Waals surface area contributed by atoms with Crippen LogP contribution in [0.25, 0.3) is 10.9 Å². The number of piperidine rings is 1. The average Bonchev–Trinajstić information content (AvgIpc) is 3.01. The Morgan fingerprint density at radius 1 is 0.955 bits per heavy atom. The Bertz CT molecular complexity index is 1460. The monoisotopic (exact) mass is 662 g/mol. The van der Waals surface area contributed by atoms with E-state index < -0.39 is 0 Å². The maximum absolute atomic E-state index is 11.9. The van der Waals surface area contributed by atoms with Crippen molar-refractivity contribution in [2.75, 3.05) is 39.3 Å². The number of aromatic nitrogens is 2. The summed E-state index contributed by atoms with van der Waals surface area (Å²) in [6.45, 7) is 9.65. The first-order chi connectivity index (χ1) is 20.0. The van der Waals surface area contributed by atoms with Gasteiger partial charge < -0.3 is 18.9 Å². The predicted octanol–water partition coefficient (Wildman–Crippen LogP) is 6.46. The van der Waals surface area contributed by atoms with E-state index in [9.17, 15) is 4.79 Å². The summed E-state index contributed by atoms with van der Waals surface area (Å²) in [4.78, 5) is 21.2. The minimum Gasteiger partial charge on any atom is -0.494 e. The number of fused-ring (bicyclic) bond motifs is 1. The second-order valence-electron chi connectivity index (χ2n) is 11.1. The van der Waals surface area contributed by atoms with Gasteiger partial charge in [0, 0.05) is 70.2 Å². The van der Waals surface area contributed by atoms with Crippen molar-refractivity contribution in [2.45, 2.75) is 45.4 Å². The molecule has 7 nitrogen and oxygen atoms in total. The topological polar surface area (TPSA) is 59.8 Å². The van der Waals surface area contributed by atoms with Crippen LogP contribution < -0.4 is 10.3 Å². The van der Waals surface area contributed by atoms with Gasteiger partial charge in [0.1, 0.15) is 5.75 Å². The molecule has 0 aliphatic carbocycles. The van der Waals surface area contributed by atoms with Crippen molar-refractivity contribution in [3.8, 4) is 5.75 Å². The zero-order chi connectivity index (χ0) is 28.4. The highest BCUT2D eigenvalue weighted by molar-refractivity contribution is 5.86. The highest BCUT2D eigenvalue weighted by atomic mass is 35.5. The first-order valence-corrected chi connectivity index (χ1v) is 14.8. The Morgan fingerprint density at radius 3 is 2.50 bits per heavy atom. The number of aryl methyl sites for hydroxylation is 2. The number of benzene rings is 2. The van der Waals surface area contributed by atoms with Gasteiger partial charge in [-0.1, -0.05) is 30.3 Å². The van der Waals surface area contributed by atoms with Crippen molar-refractivity contribution in [1.29, 1.82) is 0 Å². The fourth-order valence-electron chi connectivity index (χ4n) is 5.51. The zero-order valence-electron chi connectivity index (χ0n) is 25.6. The van der Waals surface area contributed by atoms with Crippen LogP contribution in [0.15, 0.2) is 83.9 Å². The van der Waals surface area contributed by atoms with E-state index in [1.54, 1.807) is 23.9 Å². The van der Waals surface area contributed by atoms with Gasteiger partial charge >= 0.3 is 0 Å². The molecule has 0 saturated carbocycles. The second-order valence-corrected chi connectivity index (χ2v) is 11.1. The lowest BCUT2D eigenvalue weighted by molar-refractivity contribution is -0.00407. The van der Waals surface area contributed by atoms with Crippen LogP contribution in [0.3, 0.4) is 0 Å². The third kappa shape index (κ3) is 10.8. The van der Waals surface area contributed by atoms with Gasteiger partial charge in [0.05, 0.1) is 24.8 Å². The smallest absolute Gasteiger partial charge is 0.250 e. The van der Waals surface area contributed by atoms with Gasteiger partial charge in [-0.25, -0.2) is 0 Å². The molecule has 1 saturated heterocycles. The number of ether oxygens (including phenoxy) is 2. The molecular weight excluding hydrogens is 619 g/mol. The van der Waals surface area contributed by atoms with Crippen LogP contribution in [0, 0.1) is 6.92 Å². The molecule has 240 valence electrons. The minimum atomic E-state index is -0.00144. The maximum Gasteiger partial charge on any atom is 0.250 e. The predicted molar refractivity (Wildman–Crippen MR) is 186 cm³/mol. The fraction of sp³-hybridized carbons (Fsp3) is 0.412. The van der Waals surface area contributed by atoms with E-state index in [0.717, 1.165) is 80.7 Å². The summed E-state index contributed by atoms with van der Waals surface area (Å²) >= 11 is 0. The lowest BCUT2D eigenvalue weighted by Crippen LogP contribution is -2.41. The summed E-state index contributed by atoms with van der Waals surface area (Å²) < 4.78 is 14.0. The third-order valence-corrected chi connectivity index (χ3v) is 8.11. The number of likely N-dealkylation sites (tertiary alicyclic amines) is 1. The minimum absolute atomic E-state index is 0. The number of halogens is 3. The van der Waals surface area contributed by atoms with Crippen LogP contribution in [0.1, 0.15) is 36.0 Å². The molecule has 0 amide bonds. The molecule has 0 bridgehead atoms. The molecule has 0 N–H and O–H groups in total. The normalized spacial score (nSPS) is 13.6. The van der Waals surface area contributed by atoms with E-state index in [1.807, 2.05) is 36.5 Å². The Balaban J connectivity index is 0.00000225. The molecule has 0 spiro atoms. The molecule has 3 heterocycles. The van der Waals surface area contributed by atoms with E-state index in [1.165, 1.54) is 11.1 Å². The summed E-state index contributed by atoms with van der Waals surface area (Å²) in [5, 5.41) is 1.01. The molecule has 44 heavy (non-hydrogen) atoms. The highest BCUT2D eigenvalue weighted by Crippen LogP contribution is 2.20. The molecule has 0 atom stereocenters. The van der Waals surface area contributed by atoms with E-state index in [4.69, 9.17) is 9.47 Å². The van der Waals surface area contributed by atoms with Crippen molar-refractivity contribution < 1.29 is 9.47 Å². The summed E-state index contributed by atoms with van der Waals surface area (Å²) in [6, 6.07) is 22.1. The van der Waals surface area contributed by atoms with Gasteiger partial charge in [-0.15, -0.1) is 37.2 Å². The Hall–Kier alpha value is -2.65. The molecule has 10 heteroatoms. The fourth-order valence-corrected chi connectivity index (χ4v) is 5.51. The van der Waals surface area contributed by atoms with Gasteiger partial charge in [0.25, 0.3) is 5.56 Å². The number of hydrogen-bond donors (Lipinski definition) is 0. The van der Waals surface area contributed by atoms with E-state index in [-0.39, 0.29) is 42.8 Å². The summed E-state index contributed by atoms with van der Waals surface area (Å²) in [6.07, 6.45) is 7.11. The van der Waals surface area contributed by atoms with E-state index in [2.05, 4.69) is 52.0 Å². The lowest BCUT2D eigenvalue weighted by Gasteiger charge is -2.33. The second kappa shape index (κ2) is 19.0. The molecule has 2 aromatic carbocycles. The molecule has 4 aromatic rings. The Labute approximate surface area is 279 Å². The van der Waals surface area contributed by atoms with E-state index in [0.29, 0.717) is 19.3 Å². The standard InChI is InChI=1S/C34H42N4O3.3ClH/c1-27-7-3-4-9-30(27)25-38(17-6-22-40-32-11-12-33-29(23-32)10-13-34(39)36(33)2)21-20-37-18-14-31(15-19-37)41-26-28-8-5-16-35-24-28;;;/h3-5,7-13,16,23-24,31H,6,14-15,17-22,25-26H2,1-2H3;3*1H. The zero-order valence-corrected chi connectivity index (χ0v) is 28.0. The Morgan fingerprint density at radius 2 is 1.75 bits per heavy atom. The van der Waals surface area contributed by atoms with Gasteiger partial charge in [0.15, 0.2) is 0 Å². The number of nitrogens with zero attached hydrogens (tertiary/aromatic N) is 4. The van der Waals surface area contributed by atoms with Crippen LogP contribution >= 0.6 is 37.2 Å². The molecular formula is C34H45Cl3N4O3. The SMILES string of the molecule is Cc1ccccc1CN(CCCOc1ccc2c(ccc(=O)n2C)c1)CCN1CCC(OCc2cccnc2)CC1.Cl.Cl.Cl. The third-order valence-electron chi connectivity index (χ3n) is 8.11. The van der Waals surface area contributed by atoms with Gasteiger partial charge in [-0.2, -0.15) is 0 Å². The molecule has 1 fully saturated rings. The van der Waals surface area contributed by atoms with Gasteiger partial charge in [-0.3, -0.25) is 14.7 Å². The van der Waals surface area contributed by atoms with Crippen molar-refractivity contribution in [3.05, 3.63) is 106 Å². The largest absolute Gasteiger partial charge is 0.494 e. The van der Waals surface area contributed by atoms with Crippen LogP contribution in [0.4, 0.5) is 0 Å². The lowest BCUT2D eigenvalue weighted by atomic mass is 10.1. The van der Waals surface area contributed by atoms with Crippen molar-refractivity contribution in [1.82, 2.24) is 19.4 Å². The average molecular weight is 664 g/mol. The van der Waals surface area contributed by atoms with Crippen LogP contribution in [0.2, 0.25) is 0 Å². The van der Waals surface area contributed by atoms with E-state index >= 15 is 0 Å². The Kier molecular flexibility index (Phi) is 16.2.